The molecule has 0 unspecified atom stereocenters. The number of carbonyl (C=O) groups excluding carboxylic acids is 2. The number of ether oxygens (including phenoxy) is 1. The first-order valence-corrected chi connectivity index (χ1v) is 7.49. The Morgan fingerprint density at radius 2 is 2.08 bits per heavy atom. The van der Waals surface area contributed by atoms with E-state index in [1.807, 2.05) is 0 Å². The minimum atomic E-state index is -1.11. The van der Waals surface area contributed by atoms with Gasteiger partial charge in [0.2, 0.25) is 5.76 Å². The minimum absolute atomic E-state index is 0.0258. The molecule has 130 valence electrons. The molecule has 0 aliphatic heterocycles. The van der Waals surface area contributed by atoms with Gasteiger partial charge in [-0.2, -0.15) is 0 Å². The lowest BCUT2D eigenvalue weighted by atomic mass is 10.1. The van der Waals surface area contributed by atoms with Crippen LogP contribution in [0.5, 0.6) is 0 Å². The summed E-state index contributed by atoms with van der Waals surface area (Å²) in [7, 11) is 0. The van der Waals surface area contributed by atoms with E-state index in [0.29, 0.717) is 16.7 Å². The van der Waals surface area contributed by atoms with Crippen molar-refractivity contribution in [2.24, 2.45) is 0 Å². The number of amides is 1. The molecule has 3 aromatic rings. The number of hydrogen-bond acceptors (Lipinski definition) is 6. The zero-order valence-electron chi connectivity index (χ0n) is 13.8. The molecule has 1 aromatic carbocycles. The lowest BCUT2D eigenvalue weighted by Gasteiger charge is -2.11. The summed E-state index contributed by atoms with van der Waals surface area (Å²) in [6.07, 6.45) is -1.11. The highest BCUT2D eigenvalue weighted by atomic mass is 19.1. The number of aromatic nitrogens is 1. The van der Waals surface area contributed by atoms with E-state index < -0.39 is 23.8 Å². The Bertz CT molecular complexity index is 959. The Morgan fingerprint density at radius 3 is 2.72 bits per heavy atom. The lowest BCUT2D eigenvalue weighted by Crippen LogP contribution is -2.30. The van der Waals surface area contributed by atoms with Crippen molar-refractivity contribution < 1.29 is 27.7 Å². The minimum Gasteiger partial charge on any atom is -0.447 e. The Kier molecular flexibility index (Phi) is 4.26. The van der Waals surface area contributed by atoms with Crippen LogP contribution in [0, 0.1) is 19.7 Å². The molecule has 3 rings (SSSR count). The molecule has 0 radical (unpaired) electrons. The van der Waals surface area contributed by atoms with Crippen molar-refractivity contribution in [3.8, 4) is 0 Å². The van der Waals surface area contributed by atoms with Crippen LogP contribution in [0.2, 0.25) is 0 Å². The maximum Gasteiger partial charge on any atom is 0.375 e. The summed E-state index contributed by atoms with van der Waals surface area (Å²) in [5.41, 5.74) is 0.418. The molecule has 8 heteroatoms. The maximum atomic E-state index is 13.8. The van der Waals surface area contributed by atoms with Gasteiger partial charge in [-0.3, -0.25) is 4.79 Å². The van der Waals surface area contributed by atoms with Gasteiger partial charge in [-0.05, 0) is 26.8 Å². The summed E-state index contributed by atoms with van der Waals surface area (Å²) in [6.45, 7) is 4.69. The quantitative estimate of drug-likeness (QED) is 0.728. The van der Waals surface area contributed by atoms with Gasteiger partial charge in [0.1, 0.15) is 5.76 Å². The molecular weight excluding hydrogens is 331 g/mol. The number of benzene rings is 1. The van der Waals surface area contributed by atoms with Crippen LogP contribution in [-0.4, -0.2) is 23.1 Å². The molecule has 0 spiro atoms. The summed E-state index contributed by atoms with van der Waals surface area (Å²) >= 11 is 0. The van der Waals surface area contributed by atoms with Crippen LogP contribution in [0.4, 0.5) is 10.2 Å². The number of nitrogens with one attached hydrogen (secondary N) is 1. The van der Waals surface area contributed by atoms with E-state index in [1.165, 1.54) is 25.1 Å². The third kappa shape index (κ3) is 3.23. The lowest BCUT2D eigenvalue weighted by molar-refractivity contribution is -0.123. The Labute approximate surface area is 141 Å². The number of aryl methyl sites for hydroxylation is 2. The van der Waals surface area contributed by atoms with Crippen LogP contribution < -0.4 is 5.32 Å². The van der Waals surface area contributed by atoms with Gasteiger partial charge in [-0.15, -0.1) is 0 Å². The standard InChI is InChI=1S/C17H15FN2O5/c1-8-7-13(20-25-8)19-16(21)10(3)23-17(22)14-9(2)11-5-4-6-12(18)15(11)24-14/h4-7,10H,1-3H3,(H,19,20,21)/t10-/m0/s1. The van der Waals surface area contributed by atoms with E-state index in [0.717, 1.165) is 0 Å². The van der Waals surface area contributed by atoms with Crippen molar-refractivity contribution in [2.45, 2.75) is 26.9 Å². The van der Waals surface area contributed by atoms with Gasteiger partial charge in [0.05, 0.1) is 0 Å². The number of carbonyl (C=O) groups is 2. The fourth-order valence-corrected chi connectivity index (χ4v) is 2.32. The molecule has 0 saturated carbocycles. The van der Waals surface area contributed by atoms with Gasteiger partial charge in [-0.1, -0.05) is 17.3 Å². The summed E-state index contributed by atoms with van der Waals surface area (Å²) in [5, 5.41) is 6.55. The molecule has 0 saturated heterocycles. The van der Waals surface area contributed by atoms with Crippen LogP contribution >= 0.6 is 0 Å². The van der Waals surface area contributed by atoms with Crippen LogP contribution in [-0.2, 0) is 9.53 Å². The number of anilines is 1. The molecule has 0 fully saturated rings. The molecule has 7 nitrogen and oxygen atoms in total. The highest BCUT2D eigenvalue weighted by Gasteiger charge is 2.25. The smallest absolute Gasteiger partial charge is 0.375 e. The molecule has 0 aliphatic carbocycles. The van der Waals surface area contributed by atoms with E-state index >= 15 is 0 Å². The molecule has 0 bridgehead atoms. The average Bonchev–Trinajstić information content (AvgIpc) is 3.12. The number of para-hydroxylation sites is 1. The van der Waals surface area contributed by atoms with Gasteiger partial charge in [-0.25, -0.2) is 9.18 Å². The van der Waals surface area contributed by atoms with Crippen molar-refractivity contribution >= 4 is 28.7 Å². The Balaban J connectivity index is 1.74. The zero-order valence-corrected chi connectivity index (χ0v) is 13.8. The largest absolute Gasteiger partial charge is 0.447 e. The van der Waals surface area contributed by atoms with Crippen LogP contribution in [0.3, 0.4) is 0 Å². The second-order valence-electron chi connectivity index (χ2n) is 5.53. The Hall–Kier alpha value is -3.16. The molecule has 1 N–H and O–H groups in total. The predicted molar refractivity (Wildman–Crippen MR) is 85.7 cm³/mol. The van der Waals surface area contributed by atoms with Crippen molar-refractivity contribution in [1.29, 1.82) is 0 Å². The summed E-state index contributed by atoms with van der Waals surface area (Å²) in [5.74, 6) is -1.41. The van der Waals surface area contributed by atoms with Crippen molar-refractivity contribution in [3.63, 3.8) is 0 Å². The SMILES string of the molecule is Cc1cc(NC(=O)[C@H](C)OC(=O)c2oc3c(F)cccc3c2C)no1. The maximum absolute atomic E-state index is 13.8. The van der Waals surface area contributed by atoms with Gasteiger partial charge >= 0.3 is 5.97 Å². The van der Waals surface area contributed by atoms with Crippen LogP contribution in [0.25, 0.3) is 11.0 Å². The van der Waals surface area contributed by atoms with Crippen molar-refractivity contribution in [1.82, 2.24) is 5.16 Å². The van der Waals surface area contributed by atoms with Gasteiger partial charge in [0.25, 0.3) is 5.91 Å². The van der Waals surface area contributed by atoms with Crippen molar-refractivity contribution in [2.75, 3.05) is 5.32 Å². The fourth-order valence-electron chi connectivity index (χ4n) is 2.32. The molecule has 2 heterocycles. The summed E-state index contributed by atoms with van der Waals surface area (Å²) < 4.78 is 29.0. The van der Waals surface area contributed by atoms with E-state index in [1.54, 1.807) is 19.9 Å². The number of nitrogens with zero attached hydrogens (tertiary/aromatic N) is 1. The number of esters is 1. The predicted octanol–water partition coefficient (Wildman–Crippen LogP) is 3.36. The second kappa shape index (κ2) is 6.39. The van der Waals surface area contributed by atoms with Crippen LogP contribution in [0.15, 0.2) is 33.2 Å². The van der Waals surface area contributed by atoms with E-state index in [-0.39, 0.29) is 17.2 Å². The highest BCUT2D eigenvalue weighted by molar-refractivity contribution is 5.99. The Morgan fingerprint density at radius 1 is 1.32 bits per heavy atom. The summed E-state index contributed by atoms with van der Waals surface area (Å²) in [6, 6.07) is 5.91. The van der Waals surface area contributed by atoms with Crippen molar-refractivity contribution in [3.05, 3.63) is 47.2 Å². The molecule has 1 atom stereocenters. The first-order chi connectivity index (χ1) is 11.9. The van der Waals surface area contributed by atoms with Crippen LogP contribution in [0.1, 0.15) is 28.8 Å². The van der Waals surface area contributed by atoms with E-state index in [2.05, 4.69) is 10.5 Å². The van der Waals surface area contributed by atoms with Gasteiger partial charge < -0.3 is 19.0 Å². The van der Waals surface area contributed by atoms with E-state index in [9.17, 15) is 14.0 Å². The van der Waals surface area contributed by atoms with E-state index in [4.69, 9.17) is 13.7 Å². The summed E-state index contributed by atoms with van der Waals surface area (Å²) in [4.78, 5) is 24.3. The third-order valence-electron chi connectivity index (χ3n) is 3.63. The second-order valence-corrected chi connectivity index (χ2v) is 5.53. The molecule has 1 amide bonds. The third-order valence-corrected chi connectivity index (χ3v) is 3.63. The molecule has 2 aromatic heterocycles. The number of furan rings is 1. The average molecular weight is 346 g/mol. The number of hydrogen-bond donors (Lipinski definition) is 1. The fraction of sp³-hybridized carbons (Fsp3) is 0.235. The first-order valence-electron chi connectivity index (χ1n) is 7.49. The molecule has 0 aliphatic rings. The van der Waals surface area contributed by atoms with Gasteiger partial charge in [0, 0.05) is 17.0 Å². The normalized spacial score (nSPS) is 12.2. The number of halogens is 1. The topological polar surface area (TPSA) is 94.6 Å². The molecule has 25 heavy (non-hydrogen) atoms. The van der Waals surface area contributed by atoms with Gasteiger partial charge in [0.15, 0.2) is 23.3 Å². The number of rotatable bonds is 4. The zero-order chi connectivity index (χ0) is 18.1. The number of fused-ring (bicyclic) bond motifs is 1. The highest BCUT2D eigenvalue weighted by Crippen LogP contribution is 2.28. The first kappa shape index (κ1) is 16.7. The molecular formula is C17H15FN2O5. The monoisotopic (exact) mass is 346 g/mol.